The van der Waals surface area contributed by atoms with E-state index in [1.807, 2.05) is 45.6 Å². The van der Waals surface area contributed by atoms with Crippen LogP contribution in [0.5, 0.6) is 0 Å². The van der Waals surface area contributed by atoms with E-state index in [0.29, 0.717) is 11.4 Å². The smallest absolute Gasteiger partial charge is 0.328 e. The van der Waals surface area contributed by atoms with Crippen molar-refractivity contribution in [3.05, 3.63) is 59.2 Å². The van der Waals surface area contributed by atoms with Crippen LogP contribution in [-0.4, -0.2) is 55.3 Å². The number of carbonyl (C=O) groups is 3. The summed E-state index contributed by atoms with van der Waals surface area (Å²) in [5, 5.41) is 14.8. The Hall–Kier alpha value is -4.06. The van der Waals surface area contributed by atoms with Crippen LogP contribution >= 0.6 is 11.3 Å². The van der Waals surface area contributed by atoms with Crippen LogP contribution in [0.4, 0.5) is 0 Å². The molecule has 0 radical (unpaired) electrons. The van der Waals surface area contributed by atoms with Crippen LogP contribution in [0.25, 0.3) is 17.0 Å². The van der Waals surface area contributed by atoms with Crippen molar-refractivity contribution in [1.29, 1.82) is 0 Å². The number of fused-ring (bicyclic) bond motifs is 1. The third-order valence-electron chi connectivity index (χ3n) is 5.24. The van der Waals surface area contributed by atoms with E-state index in [4.69, 9.17) is 10.5 Å². The highest BCUT2D eigenvalue weighted by Gasteiger charge is 2.29. The zero-order valence-electron chi connectivity index (χ0n) is 18.3. The standard InChI is InChI=1S/C22H23N7O4S/c1-33-22(32)15(10-14-7-9-34-13-14)25-21(31)18(5-6-19(23)30)29-12-17(26-27-29)16-11-28-8-3-2-4-20(28)24-16/h2-4,7-9,11-13,15,18H,5-6,10H2,1H3,(H2,23,30)(H,25,31). The summed E-state index contributed by atoms with van der Waals surface area (Å²) in [6, 6.07) is 5.67. The molecule has 0 saturated carbocycles. The molecule has 3 N–H and O–H groups in total. The van der Waals surface area contributed by atoms with Gasteiger partial charge in [0.15, 0.2) is 0 Å². The molecule has 0 aliphatic rings. The summed E-state index contributed by atoms with van der Waals surface area (Å²) in [6.07, 6.45) is 5.56. The van der Waals surface area contributed by atoms with Crippen molar-refractivity contribution in [2.24, 2.45) is 5.73 Å². The molecule has 2 amide bonds. The maximum atomic E-state index is 13.2. The van der Waals surface area contributed by atoms with E-state index in [-0.39, 0.29) is 19.3 Å². The minimum Gasteiger partial charge on any atom is -0.467 e. The second kappa shape index (κ2) is 10.3. The van der Waals surface area contributed by atoms with Crippen LogP contribution in [0, 0.1) is 0 Å². The Labute approximate surface area is 198 Å². The Morgan fingerprint density at radius 3 is 2.76 bits per heavy atom. The predicted molar refractivity (Wildman–Crippen MR) is 124 cm³/mol. The molecule has 0 aliphatic carbocycles. The molecule has 11 nitrogen and oxygen atoms in total. The Morgan fingerprint density at radius 2 is 2.06 bits per heavy atom. The number of imidazole rings is 1. The van der Waals surface area contributed by atoms with E-state index in [9.17, 15) is 14.4 Å². The van der Waals surface area contributed by atoms with Crippen molar-refractivity contribution in [2.75, 3.05) is 7.11 Å². The molecule has 4 rings (SSSR count). The van der Waals surface area contributed by atoms with E-state index >= 15 is 0 Å². The van der Waals surface area contributed by atoms with E-state index in [1.54, 1.807) is 12.4 Å². The summed E-state index contributed by atoms with van der Waals surface area (Å²) in [5.74, 6) is -1.63. The molecule has 0 aromatic carbocycles. The molecular formula is C22H23N7O4S. The average Bonchev–Trinajstić information content (AvgIpc) is 3.58. The first-order chi connectivity index (χ1) is 16.4. The number of methoxy groups -OCH3 is 1. The number of aromatic nitrogens is 5. The number of hydrogen-bond acceptors (Lipinski definition) is 8. The number of hydrogen-bond donors (Lipinski definition) is 2. The lowest BCUT2D eigenvalue weighted by Gasteiger charge is -2.21. The number of pyridine rings is 1. The topological polar surface area (TPSA) is 146 Å². The normalized spacial score (nSPS) is 12.9. The van der Waals surface area contributed by atoms with Gasteiger partial charge in [-0.2, -0.15) is 11.3 Å². The first kappa shape index (κ1) is 23.1. The minimum atomic E-state index is -0.916. The molecule has 0 spiro atoms. The number of primary amides is 1. The van der Waals surface area contributed by atoms with Crippen LogP contribution in [-0.2, 0) is 25.5 Å². The molecule has 2 unspecified atom stereocenters. The largest absolute Gasteiger partial charge is 0.467 e. The average molecular weight is 482 g/mol. The van der Waals surface area contributed by atoms with Gasteiger partial charge in [0.25, 0.3) is 0 Å². The quantitative estimate of drug-likeness (QED) is 0.325. The zero-order valence-corrected chi connectivity index (χ0v) is 19.1. The molecule has 0 bridgehead atoms. The number of carbonyl (C=O) groups excluding carboxylic acids is 3. The molecular weight excluding hydrogens is 458 g/mol. The lowest BCUT2D eigenvalue weighted by atomic mass is 10.1. The molecule has 0 saturated heterocycles. The minimum absolute atomic E-state index is 0.0466. The number of nitrogens with zero attached hydrogens (tertiary/aromatic N) is 5. The van der Waals surface area contributed by atoms with E-state index in [1.165, 1.54) is 23.1 Å². The zero-order chi connectivity index (χ0) is 24.1. The fourth-order valence-electron chi connectivity index (χ4n) is 3.51. The van der Waals surface area contributed by atoms with Crippen molar-refractivity contribution in [2.45, 2.75) is 31.3 Å². The molecule has 4 aromatic rings. The molecule has 12 heteroatoms. The Kier molecular flexibility index (Phi) is 6.97. The first-order valence-corrected chi connectivity index (χ1v) is 11.4. The van der Waals surface area contributed by atoms with E-state index < -0.39 is 29.9 Å². The monoisotopic (exact) mass is 481 g/mol. The van der Waals surface area contributed by atoms with Gasteiger partial charge in [-0.05, 0) is 40.9 Å². The van der Waals surface area contributed by atoms with Gasteiger partial charge in [-0.15, -0.1) is 5.10 Å². The number of amides is 2. The maximum absolute atomic E-state index is 13.2. The van der Waals surface area contributed by atoms with Gasteiger partial charge in [-0.3, -0.25) is 9.59 Å². The van der Waals surface area contributed by atoms with Crippen LogP contribution < -0.4 is 11.1 Å². The highest BCUT2D eigenvalue weighted by Crippen LogP contribution is 2.20. The molecule has 0 fully saturated rings. The molecule has 176 valence electrons. The Balaban J connectivity index is 1.57. The van der Waals surface area contributed by atoms with Crippen molar-refractivity contribution in [1.82, 2.24) is 29.7 Å². The van der Waals surface area contributed by atoms with Crippen LogP contribution in [0.1, 0.15) is 24.4 Å². The number of esters is 1. The van der Waals surface area contributed by atoms with Gasteiger partial charge in [0, 0.05) is 25.2 Å². The lowest BCUT2D eigenvalue weighted by molar-refractivity contribution is -0.145. The second-order valence-corrected chi connectivity index (χ2v) is 8.40. The fraction of sp³-hybridized carbons (Fsp3) is 0.273. The van der Waals surface area contributed by atoms with Crippen molar-refractivity contribution < 1.29 is 19.1 Å². The highest BCUT2D eigenvalue weighted by atomic mass is 32.1. The van der Waals surface area contributed by atoms with E-state index in [2.05, 4.69) is 20.6 Å². The van der Waals surface area contributed by atoms with Crippen molar-refractivity contribution in [3.8, 4) is 11.4 Å². The number of ether oxygens (including phenoxy) is 1. The maximum Gasteiger partial charge on any atom is 0.328 e. The summed E-state index contributed by atoms with van der Waals surface area (Å²) in [4.78, 5) is 41.5. The van der Waals surface area contributed by atoms with Crippen LogP contribution in [0.15, 0.2) is 53.6 Å². The number of nitrogens with one attached hydrogen (secondary N) is 1. The van der Waals surface area contributed by atoms with Gasteiger partial charge < -0.3 is 20.2 Å². The van der Waals surface area contributed by atoms with Gasteiger partial charge in [0.2, 0.25) is 11.8 Å². The third-order valence-corrected chi connectivity index (χ3v) is 5.98. The summed E-state index contributed by atoms with van der Waals surface area (Å²) in [6.45, 7) is 0. The molecule has 2 atom stereocenters. The van der Waals surface area contributed by atoms with Crippen LogP contribution in [0.3, 0.4) is 0 Å². The van der Waals surface area contributed by atoms with Gasteiger partial charge >= 0.3 is 5.97 Å². The molecule has 4 aromatic heterocycles. The third kappa shape index (κ3) is 5.29. The Morgan fingerprint density at radius 1 is 1.21 bits per heavy atom. The predicted octanol–water partition coefficient (Wildman–Crippen LogP) is 1.36. The van der Waals surface area contributed by atoms with E-state index in [0.717, 1.165) is 11.2 Å². The van der Waals surface area contributed by atoms with Gasteiger partial charge in [0.05, 0.1) is 13.3 Å². The van der Waals surface area contributed by atoms with Gasteiger partial charge in [-0.25, -0.2) is 14.5 Å². The SMILES string of the molecule is COC(=O)C(Cc1ccsc1)NC(=O)C(CCC(N)=O)n1cc(-c2cn3ccccc3n2)nn1. The number of nitrogens with two attached hydrogens (primary N) is 1. The summed E-state index contributed by atoms with van der Waals surface area (Å²) in [7, 11) is 1.26. The summed E-state index contributed by atoms with van der Waals surface area (Å²) < 4.78 is 8.07. The molecule has 0 aliphatic heterocycles. The second-order valence-electron chi connectivity index (χ2n) is 7.62. The van der Waals surface area contributed by atoms with Crippen molar-refractivity contribution >= 4 is 34.8 Å². The first-order valence-electron chi connectivity index (χ1n) is 10.5. The number of rotatable bonds is 10. The summed E-state index contributed by atoms with van der Waals surface area (Å²) >= 11 is 1.49. The fourth-order valence-corrected chi connectivity index (χ4v) is 4.20. The number of thiophene rings is 1. The lowest BCUT2D eigenvalue weighted by Crippen LogP contribution is -2.46. The summed E-state index contributed by atoms with van der Waals surface area (Å²) in [5.41, 5.74) is 7.99. The van der Waals surface area contributed by atoms with Gasteiger partial charge in [-0.1, -0.05) is 11.3 Å². The Bertz CT molecular complexity index is 1260. The van der Waals surface area contributed by atoms with Gasteiger partial charge in [0.1, 0.15) is 29.1 Å². The van der Waals surface area contributed by atoms with Crippen molar-refractivity contribution in [3.63, 3.8) is 0 Å². The molecule has 4 heterocycles. The highest BCUT2D eigenvalue weighted by molar-refractivity contribution is 7.07. The molecule has 34 heavy (non-hydrogen) atoms. The van der Waals surface area contributed by atoms with Crippen LogP contribution in [0.2, 0.25) is 0 Å².